The SMILES string of the molecule is CC(C)OC[C@]12CCCN1CC[C@@H]2F. The number of ether oxygens (including phenoxy) is 1. The van der Waals surface area contributed by atoms with Crippen molar-refractivity contribution in [2.45, 2.75) is 50.9 Å². The fourth-order valence-corrected chi connectivity index (χ4v) is 2.75. The van der Waals surface area contributed by atoms with E-state index in [1.54, 1.807) is 0 Å². The molecule has 0 aliphatic carbocycles. The lowest BCUT2D eigenvalue weighted by Gasteiger charge is -2.34. The number of alkyl halides is 1. The zero-order chi connectivity index (χ0) is 10.2. The maximum absolute atomic E-state index is 13.9. The highest BCUT2D eigenvalue weighted by Crippen LogP contribution is 2.41. The second-order valence-electron chi connectivity index (χ2n) is 4.81. The molecule has 82 valence electrons. The summed E-state index contributed by atoms with van der Waals surface area (Å²) in [4.78, 5) is 2.29. The smallest absolute Gasteiger partial charge is 0.122 e. The van der Waals surface area contributed by atoms with Crippen LogP contribution in [0.15, 0.2) is 0 Å². The molecule has 0 radical (unpaired) electrons. The fourth-order valence-electron chi connectivity index (χ4n) is 2.75. The summed E-state index contributed by atoms with van der Waals surface area (Å²) in [5.41, 5.74) is -0.260. The molecule has 2 heterocycles. The Morgan fingerprint density at radius 3 is 3.00 bits per heavy atom. The van der Waals surface area contributed by atoms with Crippen LogP contribution in [0, 0.1) is 0 Å². The summed E-state index contributed by atoms with van der Waals surface area (Å²) in [5.74, 6) is 0. The standard InChI is InChI=1S/C11H20FNO/c1-9(2)14-8-11-5-3-6-13(11)7-4-10(11)12/h9-10H,3-8H2,1-2H3/t10-,11-/m0/s1. The van der Waals surface area contributed by atoms with Gasteiger partial charge in [0, 0.05) is 6.54 Å². The predicted molar refractivity (Wildman–Crippen MR) is 54.1 cm³/mol. The van der Waals surface area contributed by atoms with Crippen LogP contribution in [0.5, 0.6) is 0 Å². The van der Waals surface area contributed by atoms with E-state index in [4.69, 9.17) is 4.74 Å². The Bertz CT molecular complexity index is 209. The van der Waals surface area contributed by atoms with Crippen molar-refractivity contribution in [3.63, 3.8) is 0 Å². The van der Waals surface area contributed by atoms with E-state index in [0.29, 0.717) is 13.0 Å². The van der Waals surface area contributed by atoms with Crippen LogP contribution < -0.4 is 0 Å². The summed E-state index contributed by atoms with van der Waals surface area (Å²) in [6, 6.07) is 0. The van der Waals surface area contributed by atoms with Gasteiger partial charge in [0.25, 0.3) is 0 Å². The first-order chi connectivity index (χ1) is 6.65. The number of fused-ring (bicyclic) bond motifs is 1. The van der Waals surface area contributed by atoms with E-state index >= 15 is 0 Å². The lowest BCUT2D eigenvalue weighted by Crippen LogP contribution is -2.48. The molecule has 0 spiro atoms. The van der Waals surface area contributed by atoms with Gasteiger partial charge in [-0.3, -0.25) is 4.90 Å². The number of hydrogen-bond donors (Lipinski definition) is 0. The van der Waals surface area contributed by atoms with Crippen LogP contribution >= 0.6 is 0 Å². The van der Waals surface area contributed by atoms with Crippen LogP contribution in [0.2, 0.25) is 0 Å². The molecule has 2 aliphatic heterocycles. The molecule has 2 aliphatic rings. The summed E-state index contributed by atoms with van der Waals surface area (Å²) < 4.78 is 19.5. The van der Waals surface area contributed by atoms with Crippen molar-refractivity contribution in [1.82, 2.24) is 4.90 Å². The molecule has 2 rings (SSSR count). The van der Waals surface area contributed by atoms with Gasteiger partial charge < -0.3 is 4.74 Å². The van der Waals surface area contributed by atoms with Gasteiger partial charge >= 0.3 is 0 Å². The van der Waals surface area contributed by atoms with Gasteiger partial charge in [0.2, 0.25) is 0 Å². The summed E-state index contributed by atoms with van der Waals surface area (Å²) in [6.07, 6.45) is 2.33. The van der Waals surface area contributed by atoms with Crippen molar-refractivity contribution < 1.29 is 9.13 Å². The monoisotopic (exact) mass is 201 g/mol. The third kappa shape index (κ3) is 1.57. The molecule has 0 aromatic carbocycles. The van der Waals surface area contributed by atoms with Crippen LogP contribution in [0.3, 0.4) is 0 Å². The highest BCUT2D eigenvalue weighted by atomic mass is 19.1. The highest BCUT2D eigenvalue weighted by Gasteiger charge is 2.52. The third-order valence-electron chi connectivity index (χ3n) is 3.57. The molecule has 2 saturated heterocycles. The summed E-state index contributed by atoms with van der Waals surface area (Å²) in [7, 11) is 0. The number of hydrogen-bond acceptors (Lipinski definition) is 2. The predicted octanol–water partition coefficient (Wildman–Crippen LogP) is 1.99. The zero-order valence-electron chi connectivity index (χ0n) is 9.13. The van der Waals surface area contributed by atoms with E-state index in [2.05, 4.69) is 4.90 Å². The molecule has 3 heteroatoms. The first-order valence-corrected chi connectivity index (χ1v) is 5.66. The molecule has 0 amide bonds. The Labute approximate surface area is 85.4 Å². The Hall–Kier alpha value is -0.150. The molecule has 0 aromatic rings. The molecule has 2 fully saturated rings. The van der Waals surface area contributed by atoms with E-state index in [0.717, 1.165) is 25.9 Å². The topological polar surface area (TPSA) is 12.5 Å². The van der Waals surface area contributed by atoms with E-state index in [-0.39, 0.29) is 11.6 Å². The van der Waals surface area contributed by atoms with Crippen molar-refractivity contribution in [2.75, 3.05) is 19.7 Å². The molecule has 0 bridgehead atoms. The van der Waals surface area contributed by atoms with Gasteiger partial charge in [-0.2, -0.15) is 0 Å². The average molecular weight is 201 g/mol. The van der Waals surface area contributed by atoms with E-state index in [1.807, 2.05) is 13.8 Å². The van der Waals surface area contributed by atoms with Gasteiger partial charge in [-0.1, -0.05) is 0 Å². The summed E-state index contributed by atoms with van der Waals surface area (Å²) in [5, 5.41) is 0. The minimum absolute atomic E-state index is 0.208. The maximum atomic E-state index is 13.9. The van der Waals surface area contributed by atoms with Crippen molar-refractivity contribution in [2.24, 2.45) is 0 Å². The first-order valence-electron chi connectivity index (χ1n) is 5.66. The molecule has 14 heavy (non-hydrogen) atoms. The number of rotatable bonds is 3. The largest absolute Gasteiger partial charge is 0.377 e. The van der Waals surface area contributed by atoms with Gasteiger partial charge in [-0.25, -0.2) is 4.39 Å². The molecule has 2 nitrogen and oxygen atoms in total. The van der Waals surface area contributed by atoms with Gasteiger partial charge in [0.05, 0.1) is 18.2 Å². The van der Waals surface area contributed by atoms with Gasteiger partial charge in [0.15, 0.2) is 0 Å². The van der Waals surface area contributed by atoms with Crippen molar-refractivity contribution in [3.05, 3.63) is 0 Å². The van der Waals surface area contributed by atoms with Crippen molar-refractivity contribution in [3.8, 4) is 0 Å². The van der Waals surface area contributed by atoms with Gasteiger partial charge in [-0.05, 0) is 39.7 Å². The second kappa shape index (κ2) is 3.78. The Morgan fingerprint density at radius 1 is 1.50 bits per heavy atom. The molecule has 0 aromatic heterocycles. The van der Waals surface area contributed by atoms with Crippen LogP contribution in [0.4, 0.5) is 4.39 Å². The normalized spacial score (nSPS) is 38.1. The Morgan fingerprint density at radius 2 is 2.29 bits per heavy atom. The molecular weight excluding hydrogens is 181 g/mol. The van der Waals surface area contributed by atoms with Crippen molar-refractivity contribution >= 4 is 0 Å². The van der Waals surface area contributed by atoms with E-state index < -0.39 is 6.17 Å². The number of halogens is 1. The van der Waals surface area contributed by atoms with Crippen molar-refractivity contribution in [1.29, 1.82) is 0 Å². The third-order valence-corrected chi connectivity index (χ3v) is 3.57. The average Bonchev–Trinajstić information content (AvgIpc) is 2.65. The molecule has 2 atom stereocenters. The summed E-state index contributed by atoms with van der Waals surface area (Å²) >= 11 is 0. The summed E-state index contributed by atoms with van der Waals surface area (Å²) in [6.45, 7) is 6.58. The Kier molecular flexibility index (Phi) is 2.80. The number of nitrogens with zero attached hydrogens (tertiary/aromatic N) is 1. The minimum atomic E-state index is -0.677. The molecule has 0 unspecified atom stereocenters. The minimum Gasteiger partial charge on any atom is -0.377 e. The van der Waals surface area contributed by atoms with E-state index in [9.17, 15) is 4.39 Å². The first kappa shape index (κ1) is 10.4. The van der Waals surface area contributed by atoms with Crippen LogP contribution in [0.1, 0.15) is 33.1 Å². The molecule has 0 N–H and O–H groups in total. The highest BCUT2D eigenvalue weighted by molar-refractivity contribution is 5.06. The van der Waals surface area contributed by atoms with E-state index in [1.165, 1.54) is 0 Å². The fraction of sp³-hybridized carbons (Fsp3) is 1.00. The quantitative estimate of drug-likeness (QED) is 0.692. The second-order valence-corrected chi connectivity index (χ2v) is 4.81. The molecule has 0 saturated carbocycles. The lowest BCUT2D eigenvalue weighted by atomic mass is 9.93. The lowest BCUT2D eigenvalue weighted by molar-refractivity contribution is -0.0212. The Balaban J connectivity index is 2.02. The van der Waals surface area contributed by atoms with Crippen LogP contribution in [-0.4, -0.2) is 42.4 Å². The van der Waals surface area contributed by atoms with Crippen LogP contribution in [-0.2, 0) is 4.74 Å². The van der Waals surface area contributed by atoms with Gasteiger partial charge in [0.1, 0.15) is 6.17 Å². The maximum Gasteiger partial charge on any atom is 0.122 e. The zero-order valence-corrected chi connectivity index (χ0v) is 9.13. The van der Waals surface area contributed by atoms with Crippen LogP contribution in [0.25, 0.3) is 0 Å². The molecular formula is C11H20FNO. The van der Waals surface area contributed by atoms with Gasteiger partial charge in [-0.15, -0.1) is 0 Å².